The van der Waals surface area contributed by atoms with Gasteiger partial charge in [0.2, 0.25) is 0 Å². The topological polar surface area (TPSA) is 42.2 Å². The minimum Gasteiger partial charge on any atom is -0.456 e. The summed E-state index contributed by atoms with van der Waals surface area (Å²) in [5, 5.41) is 0.710. The zero-order chi connectivity index (χ0) is 18.3. The van der Waals surface area contributed by atoms with E-state index in [-0.39, 0.29) is 5.82 Å². The Labute approximate surface area is 145 Å². The summed E-state index contributed by atoms with van der Waals surface area (Å²) in [5.74, 6) is 0.320. The van der Waals surface area contributed by atoms with Gasteiger partial charge in [-0.2, -0.15) is 0 Å². The average molecular weight is 349 g/mol. The smallest absolute Gasteiger partial charge is 0.136 e. The molecular formula is C19H24FNO2S. The van der Waals surface area contributed by atoms with Crippen molar-refractivity contribution in [1.82, 2.24) is 4.72 Å². The highest BCUT2D eigenvalue weighted by Crippen LogP contribution is 2.16. The Kier molecular flexibility index (Phi) is 7.65. The number of hydrogen-bond acceptors (Lipinski definition) is 2. The summed E-state index contributed by atoms with van der Waals surface area (Å²) in [6.07, 6.45) is 3.33. The molecule has 0 aliphatic rings. The fraction of sp³-hybridized carbons (Fsp3) is 0.263. The largest absolute Gasteiger partial charge is 0.456 e. The van der Waals surface area contributed by atoms with Gasteiger partial charge in [-0.1, -0.05) is 26.0 Å². The minimum atomic E-state index is -1.17. The number of hydrogen-bond donors (Lipinski definition) is 1. The first-order valence-corrected chi connectivity index (χ1v) is 9.26. The van der Waals surface area contributed by atoms with Crippen molar-refractivity contribution < 1.29 is 13.0 Å². The summed E-state index contributed by atoms with van der Waals surface area (Å²) in [4.78, 5) is 0. The monoisotopic (exact) mass is 349 g/mol. The first kappa shape index (κ1) is 19.9. The van der Waals surface area contributed by atoms with Gasteiger partial charge in [0.05, 0.1) is 0 Å². The van der Waals surface area contributed by atoms with E-state index in [0.29, 0.717) is 16.4 Å². The molecule has 0 bridgehead atoms. The predicted molar refractivity (Wildman–Crippen MR) is 100 cm³/mol. The van der Waals surface area contributed by atoms with Gasteiger partial charge < -0.3 is 9.14 Å². The Hall–Kier alpha value is -2.14. The van der Waals surface area contributed by atoms with Crippen LogP contribution < -0.4 is 15.4 Å². The summed E-state index contributed by atoms with van der Waals surface area (Å²) in [7, 11) is -1.17. The quantitative estimate of drug-likeness (QED) is 0.918. The molecule has 0 aliphatic heterocycles. The molecule has 0 saturated carbocycles. The van der Waals surface area contributed by atoms with E-state index in [1.54, 1.807) is 30.5 Å². The van der Waals surface area contributed by atoms with Crippen LogP contribution in [0.4, 0.5) is 4.39 Å². The molecular weight excluding hydrogens is 325 g/mol. The minimum absolute atomic E-state index is 0.293. The maximum absolute atomic E-state index is 13.0. The number of furan rings is 1. The molecule has 2 aromatic rings. The number of nitrogens with one attached hydrogen (secondary N) is 1. The van der Waals surface area contributed by atoms with Crippen molar-refractivity contribution in [3.05, 3.63) is 58.1 Å². The van der Waals surface area contributed by atoms with Gasteiger partial charge in [0, 0.05) is 28.8 Å². The standard InChI is InChI=1S/C17H18FNO2S.C2H6/c1-11(2)15(19-22(4)20)10-16-12(3)9-17(21-16)13-5-7-14(18)8-6-13;1-2/h5-10,19H,3H2,1-2,4H3;1-2H3/b16-10+;. The molecule has 1 aromatic heterocycles. The zero-order valence-corrected chi connectivity index (χ0v) is 15.6. The molecule has 0 aliphatic carbocycles. The third-order valence-corrected chi connectivity index (χ3v) is 3.55. The molecule has 2 rings (SSSR count). The number of benzene rings is 1. The molecule has 0 saturated heterocycles. The van der Waals surface area contributed by atoms with Gasteiger partial charge >= 0.3 is 0 Å². The van der Waals surface area contributed by atoms with Crippen LogP contribution in [-0.2, 0) is 11.0 Å². The fourth-order valence-corrected chi connectivity index (χ4v) is 2.46. The second-order valence-electron chi connectivity index (χ2n) is 5.12. The van der Waals surface area contributed by atoms with E-state index in [1.807, 2.05) is 27.7 Å². The van der Waals surface area contributed by atoms with Crippen LogP contribution in [0.25, 0.3) is 24.0 Å². The molecule has 3 nitrogen and oxygen atoms in total. The van der Waals surface area contributed by atoms with Gasteiger partial charge in [0.25, 0.3) is 0 Å². The molecule has 5 heteroatoms. The average Bonchev–Trinajstić information content (AvgIpc) is 2.90. The molecule has 1 N–H and O–H groups in total. The Balaban J connectivity index is 0.00000139. The first-order valence-electron chi connectivity index (χ1n) is 7.71. The summed E-state index contributed by atoms with van der Waals surface area (Å²) in [6, 6.07) is 7.86. The highest BCUT2D eigenvalue weighted by molar-refractivity contribution is 7.82. The van der Waals surface area contributed by atoms with Crippen LogP contribution in [-0.4, -0.2) is 10.5 Å². The van der Waals surface area contributed by atoms with Crippen molar-refractivity contribution in [2.75, 3.05) is 6.26 Å². The second kappa shape index (κ2) is 9.23. The van der Waals surface area contributed by atoms with Gasteiger partial charge in [-0.05, 0) is 44.2 Å². The number of rotatable bonds is 4. The normalized spacial score (nSPS) is 12.2. The van der Waals surface area contributed by atoms with Crippen LogP contribution in [0.15, 0.2) is 46.0 Å². The van der Waals surface area contributed by atoms with Crippen LogP contribution in [0.5, 0.6) is 0 Å². The third-order valence-electron chi connectivity index (χ3n) is 3.04. The second-order valence-corrected chi connectivity index (χ2v) is 6.23. The molecule has 0 radical (unpaired) electrons. The van der Waals surface area contributed by atoms with Crippen molar-refractivity contribution in [3.8, 4) is 11.3 Å². The van der Waals surface area contributed by atoms with Crippen LogP contribution in [0.3, 0.4) is 0 Å². The van der Waals surface area contributed by atoms with Crippen molar-refractivity contribution in [2.45, 2.75) is 27.7 Å². The highest BCUT2D eigenvalue weighted by Gasteiger charge is 2.05. The molecule has 1 unspecified atom stereocenters. The zero-order valence-electron chi connectivity index (χ0n) is 14.8. The third kappa shape index (κ3) is 5.49. The fourth-order valence-electron chi connectivity index (χ4n) is 1.88. The van der Waals surface area contributed by atoms with Crippen molar-refractivity contribution in [1.29, 1.82) is 0 Å². The van der Waals surface area contributed by atoms with E-state index >= 15 is 0 Å². The molecule has 0 fully saturated rings. The molecule has 1 atom stereocenters. The van der Waals surface area contributed by atoms with E-state index in [4.69, 9.17) is 4.42 Å². The first-order chi connectivity index (χ1) is 11.4. The van der Waals surface area contributed by atoms with Crippen LogP contribution in [0.2, 0.25) is 0 Å². The van der Waals surface area contributed by atoms with Crippen molar-refractivity contribution in [3.63, 3.8) is 0 Å². The predicted octanol–water partition coefficient (Wildman–Crippen LogP) is 3.48. The van der Waals surface area contributed by atoms with Gasteiger partial charge in [-0.3, -0.25) is 0 Å². The van der Waals surface area contributed by atoms with E-state index < -0.39 is 11.0 Å². The van der Waals surface area contributed by atoms with Crippen molar-refractivity contribution >= 4 is 23.6 Å². The van der Waals surface area contributed by atoms with Gasteiger partial charge in [-0.15, -0.1) is 0 Å². The number of halogens is 1. The molecule has 0 spiro atoms. The van der Waals surface area contributed by atoms with E-state index in [0.717, 1.165) is 16.8 Å². The summed E-state index contributed by atoms with van der Waals surface area (Å²) in [5.41, 5.74) is 3.06. The lowest BCUT2D eigenvalue weighted by molar-refractivity contribution is 0.544. The maximum atomic E-state index is 13.0. The van der Waals surface area contributed by atoms with Gasteiger partial charge in [0.15, 0.2) is 0 Å². The Morgan fingerprint density at radius 3 is 2.33 bits per heavy atom. The molecule has 0 amide bonds. The van der Waals surface area contributed by atoms with Gasteiger partial charge in [-0.25, -0.2) is 8.60 Å². The SMILES string of the molecule is C=c1cc(-c2ccc(F)cc2)o/c1=C/C(NS(C)=O)=C(C)C.CC. The number of allylic oxidation sites excluding steroid dienone is 2. The Bertz CT molecular complexity index is 831. The van der Waals surface area contributed by atoms with Crippen molar-refractivity contribution in [2.24, 2.45) is 0 Å². The summed E-state index contributed by atoms with van der Waals surface area (Å²) >= 11 is 0. The van der Waals surface area contributed by atoms with Crippen LogP contribution in [0.1, 0.15) is 27.7 Å². The lowest BCUT2D eigenvalue weighted by Gasteiger charge is -2.04. The lowest BCUT2D eigenvalue weighted by atomic mass is 10.2. The summed E-state index contributed by atoms with van der Waals surface area (Å²) in [6.45, 7) is 11.8. The molecule has 1 aromatic carbocycles. The highest BCUT2D eigenvalue weighted by atomic mass is 32.2. The van der Waals surface area contributed by atoms with Crippen LogP contribution in [0, 0.1) is 5.82 Å². The molecule has 24 heavy (non-hydrogen) atoms. The Morgan fingerprint density at radius 1 is 1.25 bits per heavy atom. The molecule has 130 valence electrons. The summed E-state index contributed by atoms with van der Waals surface area (Å²) < 4.78 is 33.0. The van der Waals surface area contributed by atoms with E-state index in [9.17, 15) is 8.60 Å². The molecule has 1 heterocycles. The Morgan fingerprint density at radius 2 is 1.83 bits per heavy atom. The lowest BCUT2D eigenvalue weighted by Crippen LogP contribution is -2.22. The maximum Gasteiger partial charge on any atom is 0.136 e. The van der Waals surface area contributed by atoms with E-state index in [2.05, 4.69) is 11.3 Å². The van der Waals surface area contributed by atoms with E-state index in [1.165, 1.54) is 12.1 Å². The van der Waals surface area contributed by atoms with Crippen LogP contribution >= 0.6 is 0 Å². The van der Waals surface area contributed by atoms with Gasteiger partial charge in [0.1, 0.15) is 28.0 Å².